The molecule has 2 aromatic carbocycles. The lowest BCUT2D eigenvalue weighted by Crippen LogP contribution is -2.42. The number of carboxylic acids is 1. The number of nitrogens with zero attached hydrogens (tertiary/aromatic N) is 2. The second kappa shape index (κ2) is 13.1. The van der Waals surface area contributed by atoms with Gasteiger partial charge in [0.25, 0.3) is 0 Å². The molecule has 0 bridgehead atoms. The number of carbonyl (C=O) groups excluding carboxylic acids is 1. The summed E-state index contributed by atoms with van der Waals surface area (Å²) in [6.07, 6.45) is 3.88. The number of ether oxygens (including phenoxy) is 4. The number of methoxy groups -OCH3 is 2. The lowest BCUT2D eigenvalue weighted by molar-refractivity contribution is -0.144. The van der Waals surface area contributed by atoms with Gasteiger partial charge in [-0.25, -0.2) is 0 Å². The number of hydrogen-bond acceptors (Lipinski definition) is 7. The number of aliphatic carboxylic acids is 1. The maximum absolute atomic E-state index is 13.6. The van der Waals surface area contributed by atoms with Crippen molar-refractivity contribution in [3.05, 3.63) is 47.5 Å². The summed E-state index contributed by atoms with van der Waals surface area (Å²) < 4.78 is 22.0. The van der Waals surface area contributed by atoms with Gasteiger partial charge in [0, 0.05) is 31.6 Å². The van der Waals surface area contributed by atoms with Crippen LogP contribution in [0.5, 0.6) is 23.0 Å². The monoisotopic (exact) mass is 540 g/mol. The summed E-state index contributed by atoms with van der Waals surface area (Å²) in [5, 5.41) is 10.6. The molecule has 39 heavy (non-hydrogen) atoms. The SMILES string of the molecule is CCCCN(CCCC)C(=O)CN1C[C@H](c2ccc3c(c2)OCO3)[C@@H](C(=O)O)[C@@H]1c1ccc(OC)c(OC)c1. The molecule has 2 aliphatic rings. The van der Waals surface area contributed by atoms with Crippen LogP contribution < -0.4 is 18.9 Å². The lowest BCUT2D eigenvalue weighted by Gasteiger charge is -2.30. The summed E-state index contributed by atoms with van der Waals surface area (Å²) in [5.74, 6) is 0.294. The zero-order valence-corrected chi connectivity index (χ0v) is 23.4. The Hall–Kier alpha value is -3.46. The van der Waals surface area contributed by atoms with Gasteiger partial charge in [-0.15, -0.1) is 0 Å². The highest BCUT2D eigenvalue weighted by Crippen LogP contribution is 2.48. The first-order valence-corrected chi connectivity index (χ1v) is 13.8. The van der Waals surface area contributed by atoms with Gasteiger partial charge in [-0.3, -0.25) is 14.5 Å². The molecule has 2 aromatic rings. The molecule has 9 nitrogen and oxygen atoms in total. The zero-order valence-electron chi connectivity index (χ0n) is 23.4. The molecular weight excluding hydrogens is 500 g/mol. The summed E-state index contributed by atoms with van der Waals surface area (Å²) in [6.45, 7) is 6.34. The van der Waals surface area contributed by atoms with Crippen LogP contribution in [0.3, 0.4) is 0 Å². The topological polar surface area (TPSA) is 97.8 Å². The largest absolute Gasteiger partial charge is 0.493 e. The van der Waals surface area contributed by atoms with E-state index < -0.39 is 17.9 Å². The summed E-state index contributed by atoms with van der Waals surface area (Å²) in [5.41, 5.74) is 1.62. The number of hydrogen-bond donors (Lipinski definition) is 1. The molecule has 2 heterocycles. The molecule has 1 saturated heterocycles. The first-order valence-electron chi connectivity index (χ1n) is 13.8. The van der Waals surface area contributed by atoms with Crippen molar-refractivity contribution >= 4 is 11.9 Å². The molecule has 0 saturated carbocycles. The second-order valence-corrected chi connectivity index (χ2v) is 10.2. The zero-order chi connectivity index (χ0) is 27.9. The van der Waals surface area contributed by atoms with Crippen LogP contribution in [0.1, 0.15) is 62.6 Å². The Morgan fingerprint density at radius 1 is 0.949 bits per heavy atom. The Morgan fingerprint density at radius 3 is 2.26 bits per heavy atom. The van der Waals surface area contributed by atoms with Gasteiger partial charge in [0.2, 0.25) is 12.7 Å². The van der Waals surface area contributed by atoms with Crippen LogP contribution in [-0.2, 0) is 9.59 Å². The van der Waals surface area contributed by atoms with Crippen molar-refractivity contribution in [1.29, 1.82) is 0 Å². The maximum atomic E-state index is 13.6. The van der Waals surface area contributed by atoms with Crippen LogP contribution in [-0.4, -0.2) is 74.0 Å². The molecule has 3 atom stereocenters. The average Bonchev–Trinajstić information content (AvgIpc) is 3.57. The smallest absolute Gasteiger partial charge is 0.309 e. The van der Waals surface area contributed by atoms with E-state index in [0.717, 1.165) is 36.8 Å². The minimum absolute atomic E-state index is 0.0258. The molecule has 0 unspecified atom stereocenters. The van der Waals surface area contributed by atoms with Crippen molar-refractivity contribution < 1.29 is 33.6 Å². The van der Waals surface area contributed by atoms with Crippen LogP contribution in [0.2, 0.25) is 0 Å². The van der Waals surface area contributed by atoms with Crippen LogP contribution >= 0.6 is 0 Å². The first kappa shape index (κ1) is 28.5. The summed E-state index contributed by atoms with van der Waals surface area (Å²) in [4.78, 5) is 30.5. The van der Waals surface area contributed by atoms with Gasteiger partial charge < -0.3 is 29.0 Å². The van der Waals surface area contributed by atoms with Crippen LogP contribution in [0.15, 0.2) is 36.4 Å². The predicted molar refractivity (Wildman–Crippen MR) is 147 cm³/mol. The highest BCUT2D eigenvalue weighted by atomic mass is 16.7. The number of fused-ring (bicyclic) bond motifs is 1. The Bertz CT molecular complexity index is 1150. The third-order valence-electron chi connectivity index (χ3n) is 7.71. The fourth-order valence-electron chi connectivity index (χ4n) is 5.64. The van der Waals surface area contributed by atoms with E-state index in [9.17, 15) is 14.7 Å². The first-order chi connectivity index (χ1) is 18.9. The fourth-order valence-corrected chi connectivity index (χ4v) is 5.64. The Labute approximate surface area is 230 Å². The third kappa shape index (κ3) is 6.24. The number of amides is 1. The molecular formula is C30H40N2O7. The molecule has 0 aromatic heterocycles. The van der Waals surface area contributed by atoms with E-state index in [4.69, 9.17) is 18.9 Å². The molecule has 2 aliphatic heterocycles. The quantitative estimate of drug-likeness (QED) is 0.390. The number of carboxylic acid groups (broad SMARTS) is 1. The highest BCUT2D eigenvalue weighted by molar-refractivity contribution is 5.79. The van der Waals surface area contributed by atoms with E-state index in [1.165, 1.54) is 0 Å². The molecule has 1 N–H and O–H groups in total. The van der Waals surface area contributed by atoms with Crippen molar-refractivity contribution in [2.75, 3.05) is 47.2 Å². The normalized spacial score (nSPS) is 20.2. The van der Waals surface area contributed by atoms with Crippen molar-refractivity contribution in [2.45, 2.75) is 51.5 Å². The van der Waals surface area contributed by atoms with Gasteiger partial charge in [0.15, 0.2) is 23.0 Å². The minimum Gasteiger partial charge on any atom is -0.493 e. The minimum atomic E-state index is -0.916. The van der Waals surface area contributed by atoms with Gasteiger partial charge in [-0.2, -0.15) is 0 Å². The molecule has 4 rings (SSSR count). The van der Waals surface area contributed by atoms with E-state index in [0.29, 0.717) is 42.6 Å². The third-order valence-corrected chi connectivity index (χ3v) is 7.71. The number of benzene rings is 2. The molecule has 1 fully saturated rings. The Kier molecular flexibility index (Phi) is 9.56. The van der Waals surface area contributed by atoms with E-state index in [-0.39, 0.29) is 25.2 Å². The van der Waals surface area contributed by atoms with Crippen molar-refractivity contribution in [2.24, 2.45) is 5.92 Å². The van der Waals surface area contributed by atoms with E-state index >= 15 is 0 Å². The number of likely N-dealkylation sites (tertiary alicyclic amines) is 1. The van der Waals surface area contributed by atoms with Gasteiger partial charge >= 0.3 is 5.97 Å². The van der Waals surface area contributed by atoms with E-state index in [1.807, 2.05) is 40.1 Å². The van der Waals surface area contributed by atoms with Crippen molar-refractivity contribution in [3.63, 3.8) is 0 Å². The van der Waals surface area contributed by atoms with Gasteiger partial charge in [0.05, 0.1) is 26.7 Å². The molecule has 9 heteroatoms. The van der Waals surface area contributed by atoms with Crippen LogP contribution in [0, 0.1) is 5.92 Å². The standard InChI is InChI=1S/C30H40N2O7/c1-5-7-13-31(14-8-6-2)27(33)18-32-17-22(20-9-12-24-26(15-20)39-19-38-24)28(30(34)35)29(32)21-10-11-23(36-3)25(16-21)37-4/h9-12,15-16,22,28-29H,5-8,13-14,17-19H2,1-4H3,(H,34,35)/t22-,28-,29+/m1/s1. The Balaban J connectivity index is 1.72. The van der Waals surface area contributed by atoms with Gasteiger partial charge in [-0.05, 0) is 48.2 Å². The van der Waals surface area contributed by atoms with Crippen LogP contribution in [0.4, 0.5) is 0 Å². The molecule has 0 spiro atoms. The molecule has 0 aliphatic carbocycles. The lowest BCUT2D eigenvalue weighted by atomic mass is 9.82. The number of unbranched alkanes of at least 4 members (excludes halogenated alkanes) is 2. The van der Waals surface area contributed by atoms with Crippen LogP contribution in [0.25, 0.3) is 0 Å². The average molecular weight is 541 g/mol. The number of carbonyl (C=O) groups is 2. The van der Waals surface area contributed by atoms with Gasteiger partial charge in [0.1, 0.15) is 0 Å². The second-order valence-electron chi connectivity index (χ2n) is 10.2. The summed E-state index contributed by atoms with van der Waals surface area (Å²) in [7, 11) is 3.12. The Morgan fingerprint density at radius 2 is 1.62 bits per heavy atom. The molecule has 212 valence electrons. The molecule has 1 amide bonds. The van der Waals surface area contributed by atoms with Gasteiger partial charge in [-0.1, -0.05) is 38.8 Å². The maximum Gasteiger partial charge on any atom is 0.309 e. The van der Waals surface area contributed by atoms with E-state index in [2.05, 4.69) is 13.8 Å². The van der Waals surface area contributed by atoms with Crippen molar-refractivity contribution in [1.82, 2.24) is 9.80 Å². The highest BCUT2D eigenvalue weighted by Gasteiger charge is 2.48. The van der Waals surface area contributed by atoms with E-state index in [1.54, 1.807) is 20.3 Å². The summed E-state index contributed by atoms with van der Waals surface area (Å²) >= 11 is 0. The fraction of sp³-hybridized carbons (Fsp3) is 0.533. The number of rotatable bonds is 13. The molecule has 0 radical (unpaired) electrons. The van der Waals surface area contributed by atoms with Crippen molar-refractivity contribution in [3.8, 4) is 23.0 Å². The predicted octanol–water partition coefficient (Wildman–Crippen LogP) is 4.70. The summed E-state index contributed by atoms with van der Waals surface area (Å²) in [6, 6.07) is 10.5.